The van der Waals surface area contributed by atoms with Crippen LogP contribution in [0.4, 0.5) is 4.39 Å². The van der Waals surface area contributed by atoms with Crippen LogP contribution in [0.3, 0.4) is 0 Å². The molecule has 1 aromatic carbocycles. The van der Waals surface area contributed by atoms with Crippen LogP contribution in [0.5, 0.6) is 0 Å². The highest BCUT2D eigenvalue weighted by atomic mass is 32.2. The van der Waals surface area contributed by atoms with Gasteiger partial charge in [0.25, 0.3) is 5.56 Å². The summed E-state index contributed by atoms with van der Waals surface area (Å²) in [5, 5.41) is 9.40. The van der Waals surface area contributed by atoms with Gasteiger partial charge in [0.05, 0.1) is 5.56 Å². The summed E-state index contributed by atoms with van der Waals surface area (Å²) >= 11 is 1.15. The van der Waals surface area contributed by atoms with Crippen LogP contribution >= 0.6 is 11.8 Å². The Morgan fingerprint density at radius 2 is 2.25 bits per heavy atom. The molecule has 20 heavy (non-hydrogen) atoms. The minimum absolute atomic E-state index is 0.221. The Morgan fingerprint density at radius 3 is 2.95 bits per heavy atom. The number of halogens is 1. The molecule has 0 saturated carbocycles. The maximum absolute atomic E-state index is 13.1. The molecule has 0 radical (unpaired) electrons. The molecule has 0 aliphatic rings. The Kier molecular flexibility index (Phi) is 4.53. The van der Waals surface area contributed by atoms with E-state index in [9.17, 15) is 9.18 Å². The molecule has 6 heteroatoms. The third-order valence-electron chi connectivity index (χ3n) is 2.55. The summed E-state index contributed by atoms with van der Waals surface area (Å²) < 4.78 is 13.1. The first kappa shape index (κ1) is 14.3. The van der Waals surface area contributed by atoms with E-state index in [1.54, 1.807) is 0 Å². The summed E-state index contributed by atoms with van der Waals surface area (Å²) in [6.45, 7) is 2.00. The van der Waals surface area contributed by atoms with Crippen molar-refractivity contribution in [1.29, 1.82) is 5.26 Å². The molecule has 0 amide bonds. The quantitative estimate of drug-likeness (QED) is 0.879. The lowest BCUT2D eigenvalue weighted by molar-refractivity contribution is 0.626. The van der Waals surface area contributed by atoms with Gasteiger partial charge in [-0.1, -0.05) is 25.1 Å². The first-order valence-electron chi connectivity index (χ1n) is 6.10. The largest absolute Gasteiger partial charge is 0.301 e. The van der Waals surface area contributed by atoms with Gasteiger partial charge >= 0.3 is 0 Å². The number of aryl methyl sites for hydroxylation is 1. The van der Waals surface area contributed by atoms with Gasteiger partial charge in [0.2, 0.25) is 0 Å². The first-order valence-corrected chi connectivity index (χ1v) is 6.91. The van der Waals surface area contributed by atoms with Crippen molar-refractivity contribution in [3.63, 3.8) is 0 Å². The molecule has 0 saturated heterocycles. The molecule has 2 aromatic rings. The zero-order valence-electron chi connectivity index (χ0n) is 10.8. The summed E-state index contributed by atoms with van der Waals surface area (Å²) in [4.78, 5) is 19.0. The molecule has 0 fully saturated rings. The lowest BCUT2D eigenvalue weighted by atomic mass is 10.2. The standard InChI is InChI=1S/C14H12FN3OS/c1-2-3-11-7-13(19)18-14(17-11)20-12-5-4-10(15)6-9(12)8-16/h4-7H,2-3H2,1H3,(H,17,18,19). The van der Waals surface area contributed by atoms with Crippen molar-refractivity contribution < 1.29 is 4.39 Å². The fourth-order valence-corrected chi connectivity index (χ4v) is 2.57. The van der Waals surface area contributed by atoms with Gasteiger partial charge in [-0.2, -0.15) is 5.26 Å². The van der Waals surface area contributed by atoms with Crippen molar-refractivity contribution in [2.75, 3.05) is 0 Å². The van der Waals surface area contributed by atoms with Gasteiger partial charge in [-0.25, -0.2) is 9.37 Å². The van der Waals surface area contributed by atoms with Crippen LogP contribution in [0.25, 0.3) is 0 Å². The van der Waals surface area contributed by atoms with Crippen molar-refractivity contribution in [1.82, 2.24) is 9.97 Å². The first-order chi connectivity index (χ1) is 9.62. The smallest absolute Gasteiger partial charge is 0.251 e. The van der Waals surface area contributed by atoms with Gasteiger partial charge in [-0.3, -0.25) is 4.79 Å². The van der Waals surface area contributed by atoms with Crippen molar-refractivity contribution in [3.05, 3.63) is 51.7 Å². The van der Waals surface area contributed by atoms with Gasteiger partial charge in [0, 0.05) is 16.7 Å². The molecule has 0 unspecified atom stereocenters. The Hall–Kier alpha value is -2.13. The Labute approximate surface area is 119 Å². The van der Waals surface area contributed by atoms with Crippen LogP contribution in [0.15, 0.2) is 39.1 Å². The Balaban J connectivity index is 2.35. The van der Waals surface area contributed by atoms with Crippen LogP contribution in [0.1, 0.15) is 24.6 Å². The molecule has 0 aliphatic heterocycles. The second-order valence-electron chi connectivity index (χ2n) is 4.15. The van der Waals surface area contributed by atoms with E-state index in [1.807, 2.05) is 13.0 Å². The monoisotopic (exact) mass is 289 g/mol. The molecular formula is C14H12FN3OS. The maximum atomic E-state index is 13.1. The third kappa shape index (κ3) is 3.45. The fraction of sp³-hybridized carbons (Fsp3) is 0.214. The molecule has 1 aromatic heterocycles. The minimum atomic E-state index is -0.466. The maximum Gasteiger partial charge on any atom is 0.251 e. The third-order valence-corrected chi connectivity index (χ3v) is 3.51. The number of aromatic amines is 1. The van der Waals surface area contributed by atoms with Crippen LogP contribution in [-0.4, -0.2) is 9.97 Å². The highest BCUT2D eigenvalue weighted by Gasteiger charge is 2.08. The van der Waals surface area contributed by atoms with Gasteiger partial charge in [-0.05, 0) is 24.6 Å². The molecule has 0 aliphatic carbocycles. The molecule has 1 heterocycles. The second-order valence-corrected chi connectivity index (χ2v) is 5.18. The number of aromatic nitrogens is 2. The van der Waals surface area contributed by atoms with Crippen molar-refractivity contribution >= 4 is 11.8 Å². The fourth-order valence-electron chi connectivity index (χ4n) is 1.70. The van der Waals surface area contributed by atoms with Crippen LogP contribution < -0.4 is 5.56 Å². The number of hydrogen-bond donors (Lipinski definition) is 1. The van der Waals surface area contributed by atoms with Gasteiger partial charge in [0.15, 0.2) is 5.16 Å². The highest BCUT2D eigenvalue weighted by Crippen LogP contribution is 2.27. The average molecular weight is 289 g/mol. The molecule has 102 valence electrons. The molecule has 1 N–H and O–H groups in total. The Morgan fingerprint density at radius 1 is 1.45 bits per heavy atom. The Bertz CT molecular complexity index is 721. The van der Waals surface area contributed by atoms with E-state index < -0.39 is 5.82 Å². The second kappa shape index (κ2) is 6.35. The summed E-state index contributed by atoms with van der Waals surface area (Å²) in [5.41, 5.74) is 0.699. The van der Waals surface area contributed by atoms with Crippen molar-refractivity contribution in [2.45, 2.75) is 29.8 Å². The molecular weight excluding hydrogens is 277 g/mol. The molecule has 0 bridgehead atoms. The molecule has 2 rings (SSSR count). The summed E-state index contributed by atoms with van der Waals surface area (Å²) in [6.07, 6.45) is 1.60. The van der Waals surface area contributed by atoms with Crippen LogP contribution in [0.2, 0.25) is 0 Å². The normalized spacial score (nSPS) is 10.2. The van der Waals surface area contributed by atoms with E-state index in [1.165, 1.54) is 18.2 Å². The van der Waals surface area contributed by atoms with Crippen molar-refractivity contribution in [3.8, 4) is 6.07 Å². The van der Waals surface area contributed by atoms with E-state index >= 15 is 0 Å². The number of H-pyrrole nitrogens is 1. The molecule has 0 spiro atoms. The topological polar surface area (TPSA) is 69.5 Å². The highest BCUT2D eigenvalue weighted by molar-refractivity contribution is 7.99. The number of benzene rings is 1. The zero-order chi connectivity index (χ0) is 14.5. The lowest BCUT2D eigenvalue weighted by Gasteiger charge is -2.05. The summed E-state index contributed by atoms with van der Waals surface area (Å²) in [7, 11) is 0. The predicted octanol–water partition coefficient (Wildman–Crippen LogP) is 2.88. The summed E-state index contributed by atoms with van der Waals surface area (Å²) in [5.74, 6) is -0.466. The van der Waals surface area contributed by atoms with E-state index in [0.717, 1.165) is 24.2 Å². The number of nitrogens with zero attached hydrogens (tertiary/aromatic N) is 2. The molecule has 0 atom stereocenters. The number of nitrogens with one attached hydrogen (secondary N) is 1. The zero-order valence-corrected chi connectivity index (χ0v) is 11.6. The number of rotatable bonds is 4. The molecule has 4 nitrogen and oxygen atoms in total. The predicted molar refractivity (Wildman–Crippen MR) is 74.1 cm³/mol. The average Bonchev–Trinajstić information content (AvgIpc) is 2.40. The van der Waals surface area contributed by atoms with Gasteiger partial charge in [-0.15, -0.1) is 0 Å². The SMILES string of the molecule is CCCc1cc(=O)[nH]c(Sc2ccc(F)cc2C#N)n1. The van der Waals surface area contributed by atoms with E-state index in [2.05, 4.69) is 9.97 Å². The van der Waals surface area contributed by atoms with Crippen LogP contribution in [0, 0.1) is 17.1 Å². The number of nitriles is 1. The van der Waals surface area contributed by atoms with Gasteiger partial charge < -0.3 is 4.98 Å². The van der Waals surface area contributed by atoms with Crippen molar-refractivity contribution in [2.24, 2.45) is 0 Å². The number of hydrogen-bond acceptors (Lipinski definition) is 4. The van der Waals surface area contributed by atoms with Gasteiger partial charge in [0.1, 0.15) is 11.9 Å². The van der Waals surface area contributed by atoms with Crippen LogP contribution in [-0.2, 0) is 6.42 Å². The van der Waals surface area contributed by atoms with E-state index in [0.29, 0.717) is 22.2 Å². The lowest BCUT2D eigenvalue weighted by Crippen LogP contribution is -2.09. The van der Waals surface area contributed by atoms with E-state index in [-0.39, 0.29) is 11.1 Å². The summed E-state index contributed by atoms with van der Waals surface area (Å²) in [6, 6.07) is 7.34. The van der Waals surface area contributed by atoms with E-state index in [4.69, 9.17) is 5.26 Å². The minimum Gasteiger partial charge on any atom is -0.301 e.